The molecule has 0 saturated carbocycles. The molecule has 0 unspecified atom stereocenters. The molecule has 0 spiro atoms. The van der Waals surface area contributed by atoms with Gasteiger partial charge in [0, 0.05) is 24.0 Å². The first-order valence-electron chi connectivity index (χ1n) is 4.10. The van der Waals surface area contributed by atoms with Gasteiger partial charge in [0.1, 0.15) is 5.56 Å². The van der Waals surface area contributed by atoms with Gasteiger partial charge in [-0.1, -0.05) is 0 Å². The summed E-state index contributed by atoms with van der Waals surface area (Å²) in [6, 6.07) is 3.65. The molecule has 4 heteroatoms. The molecular weight excluding hydrogens is 180 g/mol. The van der Waals surface area contributed by atoms with Crippen molar-refractivity contribution < 1.29 is 9.53 Å². The van der Waals surface area contributed by atoms with Crippen molar-refractivity contribution in [3.8, 4) is 0 Å². The molecule has 2 aromatic rings. The fourth-order valence-electron chi connectivity index (χ4n) is 1.26. The minimum absolute atomic E-state index is 0.394. The highest BCUT2D eigenvalue weighted by Crippen LogP contribution is 2.14. The summed E-state index contributed by atoms with van der Waals surface area (Å²) >= 11 is 0. The van der Waals surface area contributed by atoms with Gasteiger partial charge < -0.3 is 4.74 Å². The zero-order valence-corrected chi connectivity index (χ0v) is 7.60. The average molecular weight is 188 g/mol. The first-order valence-corrected chi connectivity index (χ1v) is 4.10. The van der Waals surface area contributed by atoms with E-state index in [0.717, 1.165) is 5.39 Å². The average Bonchev–Trinajstić information content (AvgIpc) is 2.27. The molecule has 2 rings (SSSR count). The lowest BCUT2D eigenvalue weighted by Gasteiger charge is -2.01. The van der Waals surface area contributed by atoms with Gasteiger partial charge >= 0.3 is 5.97 Å². The van der Waals surface area contributed by atoms with E-state index < -0.39 is 5.97 Å². The van der Waals surface area contributed by atoms with E-state index in [1.165, 1.54) is 13.3 Å². The Morgan fingerprint density at radius 1 is 1.43 bits per heavy atom. The van der Waals surface area contributed by atoms with Gasteiger partial charge in [0.25, 0.3) is 0 Å². The molecule has 0 saturated heterocycles. The summed E-state index contributed by atoms with van der Waals surface area (Å²) in [6.07, 6.45) is 4.75. The number of hydrogen-bond donors (Lipinski definition) is 0. The van der Waals surface area contributed by atoms with Crippen molar-refractivity contribution in [2.45, 2.75) is 0 Å². The number of aromatic nitrogens is 2. The molecule has 0 amide bonds. The van der Waals surface area contributed by atoms with Crippen molar-refractivity contribution in [3.05, 3.63) is 36.3 Å². The Hall–Kier alpha value is -1.97. The molecule has 0 fully saturated rings. The Bertz CT molecular complexity index is 477. The Balaban J connectivity index is 2.71. The van der Waals surface area contributed by atoms with Crippen molar-refractivity contribution in [1.29, 1.82) is 0 Å². The Labute approximate surface area is 80.6 Å². The number of hydrogen-bond acceptors (Lipinski definition) is 4. The molecule has 2 heterocycles. The smallest absolute Gasteiger partial charge is 0.341 e. The molecule has 0 aliphatic heterocycles. The number of esters is 1. The molecule has 0 radical (unpaired) electrons. The number of pyridine rings is 2. The third-order valence-corrected chi connectivity index (χ3v) is 1.92. The molecule has 0 aliphatic rings. The fraction of sp³-hybridized carbons (Fsp3) is 0.100. The first-order chi connectivity index (χ1) is 6.83. The summed E-state index contributed by atoms with van der Waals surface area (Å²) in [4.78, 5) is 19.4. The van der Waals surface area contributed by atoms with Crippen LogP contribution >= 0.6 is 0 Å². The van der Waals surface area contributed by atoms with E-state index in [4.69, 9.17) is 0 Å². The lowest BCUT2D eigenvalue weighted by molar-refractivity contribution is 0.0602. The molecule has 0 aliphatic carbocycles. The summed E-state index contributed by atoms with van der Waals surface area (Å²) in [7, 11) is 1.34. The van der Waals surface area contributed by atoms with Crippen LogP contribution in [-0.2, 0) is 4.74 Å². The van der Waals surface area contributed by atoms with E-state index >= 15 is 0 Å². The fourth-order valence-corrected chi connectivity index (χ4v) is 1.26. The van der Waals surface area contributed by atoms with Crippen molar-refractivity contribution >= 4 is 16.9 Å². The third kappa shape index (κ3) is 1.31. The SMILES string of the molecule is COC(=O)c1cncc2cccnc12. The highest BCUT2D eigenvalue weighted by molar-refractivity contribution is 6.01. The maximum Gasteiger partial charge on any atom is 0.341 e. The van der Waals surface area contributed by atoms with Crippen LogP contribution in [0.2, 0.25) is 0 Å². The predicted octanol–water partition coefficient (Wildman–Crippen LogP) is 1.42. The van der Waals surface area contributed by atoms with Crippen molar-refractivity contribution in [1.82, 2.24) is 9.97 Å². The second kappa shape index (κ2) is 3.41. The number of rotatable bonds is 1. The van der Waals surface area contributed by atoms with Gasteiger partial charge in [0.05, 0.1) is 12.6 Å². The van der Waals surface area contributed by atoms with Gasteiger partial charge in [-0.15, -0.1) is 0 Å². The molecular formula is C10H8N2O2. The Kier molecular flexibility index (Phi) is 2.10. The minimum Gasteiger partial charge on any atom is -0.465 e. The summed E-state index contributed by atoms with van der Waals surface area (Å²) in [5.74, 6) is -0.415. The predicted molar refractivity (Wildman–Crippen MR) is 50.9 cm³/mol. The first kappa shape index (κ1) is 8.62. The highest BCUT2D eigenvalue weighted by Gasteiger charge is 2.10. The van der Waals surface area contributed by atoms with E-state index in [-0.39, 0.29) is 0 Å². The molecule has 0 N–H and O–H groups in total. The van der Waals surface area contributed by atoms with Gasteiger partial charge in [0.15, 0.2) is 0 Å². The van der Waals surface area contributed by atoms with E-state index in [1.54, 1.807) is 18.5 Å². The van der Waals surface area contributed by atoms with Crippen LogP contribution in [0.5, 0.6) is 0 Å². The van der Waals surface area contributed by atoms with Crippen LogP contribution in [0.4, 0.5) is 0 Å². The molecule has 0 bridgehead atoms. The number of fused-ring (bicyclic) bond motifs is 1. The second-order valence-corrected chi connectivity index (χ2v) is 2.75. The van der Waals surface area contributed by atoms with Gasteiger partial charge in [-0.2, -0.15) is 0 Å². The minimum atomic E-state index is -0.415. The monoisotopic (exact) mass is 188 g/mol. The van der Waals surface area contributed by atoms with Gasteiger partial charge in [-0.3, -0.25) is 9.97 Å². The highest BCUT2D eigenvalue weighted by atomic mass is 16.5. The summed E-state index contributed by atoms with van der Waals surface area (Å²) in [5, 5.41) is 0.829. The van der Waals surface area contributed by atoms with Crippen LogP contribution in [0.15, 0.2) is 30.7 Å². The number of carbonyl (C=O) groups is 1. The van der Waals surface area contributed by atoms with Gasteiger partial charge in [-0.25, -0.2) is 4.79 Å². The number of nitrogens with zero attached hydrogens (tertiary/aromatic N) is 2. The van der Waals surface area contributed by atoms with E-state index in [2.05, 4.69) is 14.7 Å². The lowest BCUT2D eigenvalue weighted by Crippen LogP contribution is -2.03. The Morgan fingerprint density at radius 2 is 2.29 bits per heavy atom. The summed E-state index contributed by atoms with van der Waals surface area (Å²) < 4.78 is 4.63. The topological polar surface area (TPSA) is 52.1 Å². The van der Waals surface area contributed by atoms with Crippen LogP contribution in [0, 0.1) is 0 Å². The summed E-state index contributed by atoms with van der Waals surface area (Å²) in [5.41, 5.74) is 1.01. The molecule has 2 aromatic heterocycles. The molecule has 70 valence electrons. The zero-order chi connectivity index (χ0) is 9.97. The van der Waals surface area contributed by atoms with Crippen molar-refractivity contribution in [2.24, 2.45) is 0 Å². The van der Waals surface area contributed by atoms with Crippen LogP contribution < -0.4 is 0 Å². The van der Waals surface area contributed by atoms with Crippen LogP contribution in [0.3, 0.4) is 0 Å². The second-order valence-electron chi connectivity index (χ2n) is 2.75. The maximum absolute atomic E-state index is 11.3. The van der Waals surface area contributed by atoms with E-state index in [0.29, 0.717) is 11.1 Å². The van der Waals surface area contributed by atoms with Crippen molar-refractivity contribution in [3.63, 3.8) is 0 Å². The number of carbonyl (C=O) groups excluding carboxylic acids is 1. The quantitative estimate of drug-likeness (QED) is 0.635. The normalized spacial score (nSPS) is 10.1. The molecule has 0 atom stereocenters. The third-order valence-electron chi connectivity index (χ3n) is 1.92. The van der Waals surface area contributed by atoms with Crippen LogP contribution in [0.25, 0.3) is 10.9 Å². The molecule has 14 heavy (non-hydrogen) atoms. The Morgan fingerprint density at radius 3 is 3.07 bits per heavy atom. The van der Waals surface area contributed by atoms with Crippen LogP contribution in [-0.4, -0.2) is 23.0 Å². The van der Waals surface area contributed by atoms with Gasteiger partial charge in [-0.05, 0) is 12.1 Å². The van der Waals surface area contributed by atoms with Crippen molar-refractivity contribution in [2.75, 3.05) is 7.11 Å². The van der Waals surface area contributed by atoms with Gasteiger partial charge in [0.2, 0.25) is 0 Å². The lowest BCUT2D eigenvalue weighted by atomic mass is 10.2. The van der Waals surface area contributed by atoms with E-state index in [9.17, 15) is 4.79 Å². The number of ether oxygens (including phenoxy) is 1. The molecule has 4 nitrogen and oxygen atoms in total. The largest absolute Gasteiger partial charge is 0.465 e. The number of methoxy groups -OCH3 is 1. The maximum atomic E-state index is 11.3. The summed E-state index contributed by atoms with van der Waals surface area (Å²) in [6.45, 7) is 0. The molecule has 0 aromatic carbocycles. The van der Waals surface area contributed by atoms with Crippen LogP contribution in [0.1, 0.15) is 10.4 Å². The van der Waals surface area contributed by atoms with E-state index in [1.807, 2.05) is 6.07 Å². The standard InChI is InChI=1S/C10H8N2O2/c1-14-10(13)8-6-11-5-7-3-2-4-12-9(7)8/h2-6H,1H3. The zero-order valence-electron chi connectivity index (χ0n) is 7.60.